The van der Waals surface area contributed by atoms with E-state index in [0.717, 1.165) is 12.8 Å². The second-order valence-corrected chi connectivity index (χ2v) is 15.9. The molecule has 0 saturated heterocycles. The van der Waals surface area contributed by atoms with Crippen molar-refractivity contribution in [2.75, 3.05) is 7.11 Å². The summed E-state index contributed by atoms with van der Waals surface area (Å²) in [6, 6.07) is 0. The number of carbonyl (C=O) groups excluding carboxylic acids is 1. The van der Waals surface area contributed by atoms with E-state index in [2.05, 4.69) is 45.5 Å². The number of methoxy groups -OCH3 is 1. The molecule has 1 unspecified atom stereocenters. The monoisotopic (exact) mass is 456 g/mol. The molecule has 0 radical (unpaired) electrons. The first-order valence-corrected chi connectivity index (χ1v) is 16.3. The second kappa shape index (κ2) is 18.1. The van der Waals surface area contributed by atoms with Gasteiger partial charge in [-0.25, -0.2) is 0 Å². The zero-order chi connectivity index (χ0) is 23.6. The molecule has 0 saturated carbocycles. The minimum Gasteiger partial charge on any atom is -0.469 e. The molecule has 4 heteroatoms. The van der Waals surface area contributed by atoms with Gasteiger partial charge in [-0.05, 0) is 37.9 Å². The summed E-state index contributed by atoms with van der Waals surface area (Å²) in [5, 5.41) is 0.314. The lowest BCUT2D eigenvalue weighted by Gasteiger charge is -2.38. The van der Waals surface area contributed by atoms with Gasteiger partial charge in [-0.2, -0.15) is 0 Å². The maximum Gasteiger partial charge on any atom is 0.305 e. The van der Waals surface area contributed by atoms with Gasteiger partial charge in [0, 0.05) is 12.5 Å². The highest BCUT2D eigenvalue weighted by Crippen LogP contribution is 2.37. The highest BCUT2D eigenvalue weighted by atomic mass is 28.4. The lowest BCUT2D eigenvalue weighted by molar-refractivity contribution is -0.140. The average molecular weight is 457 g/mol. The van der Waals surface area contributed by atoms with Gasteiger partial charge < -0.3 is 9.16 Å². The van der Waals surface area contributed by atoms with Gasteiger partial charge >= 0.3 is 5.97 Å². The smallest absolute Gasteiger partial charge is 0.305 e. The molecule has 0 aliphatic rings. The molecule has 0 aliphatic carbocycles. The van der Waals surface area contributed by atoms with Crippen molar-refractivity contribution < 1.29 is 14.0 Å². The van der Waals surface area contributed by atoms with Gasteiger partial charge in [-0.15, -0.1) is 0 Å². The Morgan fingerprint density at radius 2 is 1.06 bits per heavy atom. The van der Waals surface area contributed by atoms with Crippen molar-refractivity contribution in [3.8, 4) is 0 Å². The molecular weight excluding hydrogens is 400 g/mol. The highest BCUT2D eigenvalue weighted by molar-refractivity contribution is 6.74. The topological polar surface area (TPSA) is 35.5 Å². The first-order valence-electron chi connectivity index (χ1n) is 13.3. The Bertz CT molecular complexity index is 429. The predicted octanol–water partition coefficient (Wildman–Crippen LogP) is 9.20. The molecule has 186 valence electrons. The van der Waals surface area contributed by atoms with Crippen molar-refractivity contribution >= 4 is 14.3 Å². The van der Waals surface area contributed by atoms with E-state index in [1.165, 1.54) is 97.0 Å². The third-order valence-electron chi connectivity index (χ3n) is 7.02. The molecule has 0 heterocycles. The van der Waals surface area contributed by atoms with E-state index < -0.39 is 8.32 Å². The van der Waals surface area contributed by atoms with Gasteiger partial charge in [-0.1, -0.05) is 111 Å². The molecule has 0 bridgehead atoms. The van der Waals surface area contributed by atoms with Crippen LogP contribution in [-0.2, 0) is 14.0 Å². The van der Waals surface area contributed by atoms with Crippen LogP contribution in [-0.4, -0.2) is 27.5 Å². The summed E-state index contributed by atoms with van der Waals surface area (Å²) in [5.41, 5.74) is 0. The molecule has 0 aromatic heterocycles. The molecule has 0 aromatic rings. The van der Waals surface area contributed by atoms with Crippen LogP contribution in [0.3, 0.4) is 0 Å². The van der Waals surface area contributed by atoms with E-state index >= 15 is 0 Å². The molecule has 1 atom stereocenters. The molecule has 0 spiro atoms. The number of ether oxygens (including phenoxy) is 1. The normalized spacial score (nSPS) is 13.4. The SMILES string of the molecule is COC(=O)CCCCCCCCCCCCCCCCCC(C)O[Si](C)(C)C(C)(C)C. The number of carbonyl (C=O) groups is 1. The Labute approximate surface area is 196 Å². The Kier molecular flexibility index (Phi) is 17.9. The van der Waals surface area contributed by atoms with Crippen LogP contribution in [0.1, 0.15) is 137 Å². The number of hydrogen-bond acceptors (Lipinski definition) is 3. The Hall–Kier alpha value is -0.353. The van der Waals surface area contributed by atoms with E-state index in [1.54, 1.807) is 0 Å². The molecular formula is C27H56O3Si. The molecule has 0 rings (SSSR count). The maximum atomic E-state index is 11.0. The van der Waals surface area contributed by atoms with Crippen molar-refractivity contribution in [3.05, 3.63) is 0 Å². The van der Waals surface area contributed by atoms with Crippen LogP contribution >= 0.6 is 0 Å². The summed E-state index contributed by atoms with van der Waals surface area (Å²) in [6.07, 6.45) is 22.2. The zero-order valence-electron chi connectivity index (χ0n) is 22.3. The van der Waals surface area contributed by atoms with Crippen LogP contribution in [0.4, 0.5) is 0 Å². The molecule has 31 heavy (non-hydrogen) atoms. The predicted molar refractivity (Wildman–Crippen MR) is 138 cm³/mol. The summed E-state index contributed by atoms with van der Waals surface area (Å²) in [6.45, 7) is 14.0. The first kappa shape index (κ1) is 30.6. The van der Waals surface area contributed by atoms with E-state index in [-0.39, 0.29) is 5.97 Å². The first-order chi connectivity index (χ1) is 14.6. The van der Waals surface area contributed by atoms with Crippen molar-refractivity contribution in [1.82, 2.24) is 0 Å². The molecule has 3 nitrogen and oxygen atoms in total. The lowest BCUT2D eigenvalue weighted by Crippen LogP contribution is -2.43. The van der Waals surface area contributed by atoms with E-state index in [9.17, 15) is 4.79 Å². The number of rotatable bonds is 20. The largest absolute Gasteiger partial charge is 0.469 e. The summed E-state index contributed by atoms with van der Waals surface area (Å²) < 4.78 is 11.1. The maximum absolute atomic E-state index is 11.0. The minimum atomic E-state index is -1.60. The summed E-state index contributed by atoms with van der Waals surface area (Å²) in [4.78, 5) is 11.0. The molecule has 0 aromatic carbocycles. The van der Waals surface area contributed by atoms with Gasteiger partial charge in [0.05, 0.1) is 7.11 Å². The molecule has 0 fully saturated rings. The quantitative estimate of drug-likeness (QED) is 0.104. The number of unbranched alkanes of at least 4 members (excludes halogenated alkanes) is 14. The van der Waals surface area contributed by atoms with E-state index in [4.69, 9.17) is 4.43 Å². The zero-order valence-corrected chi connectivity index (χ0v) is 23.3. The van der Waals surface area contributed by atoms with Crippen LogP contribution in [0.2, 0.25) is 18.1 Å². The second-order valence-electron chi connectivity index (χ2n) is 11.1. The van der Waals surface area contributed by atoms with Crippen molar-refractivity contribution in [1.29, 1.82) is 0 Å². The molecule has 0 N–H and O–H groups in total. The highest BCUT2D eigenvalue weighted by Gasteiger charge is 2.38. The number of hydrogen-bond donors (Lipinski definition) is 0. The van der Waals surface area contributed by atoms with Gasteiger partial charge in [0.25, 0.3) is 0 Å². The van der Waals surface area contributed by atoms with Gasteiger partial charge in [-0.3, -0.25) is 4.79 Å². The minimum absolute atomic E-state index is 0.0683. The van der Waals surface area contributed by atoms with Crippen molar-refractivity contribution in [3.63, 3.8) is 0 Å². The Balaban J connectivity index is 3.33. The third kappa shape index (κ3) is 17.8. The van der Waals surface area contributed by atoms with Gasteiger partial charge in [0.1, 0.15) is 0 Å². The van der Waals surface area contributed by atoms with E-state index in [0.29, 0.717) is 17.6 Å². The lowest BCUT2D eigenvalue weighted by atomic mass is 10.0. The number of esters is 1. The van der Waals surface area contributed by atoms with Crippen molar-refractivity contribution in [2.24, 2.45) is 0 Å². The average Bonchev–Trinajstić information content (AvgIpc) is 2.68. The summed E-state index contributed by atoms with van der Waals surface area (Å²) in [7, 11) is -0.130. The Morgan fingerprint density at radius 1 is 0.710 bits per heavy atom. The fourth-order valence-electron chi connectivity index (χ4n) is 3.84. The molecule has 0 amide bonds. The Morgan fingerprint density at radius 3 is 1.42 bits per heavy atom. The van der Waals surface area contributed by atoms with E-state index in [1.807, 2.05) is 0 Å². The fraction of sp³-hybridized carbons (Fsp3) is 0.963. The van der Waals surface area contributed by atoms with Crippen LogP contribution in [0.25, 0.3) is 0 Å². The summed E-state index contributed by atoms with van der Waals surface area (Å²) in [5.74, 6) is -0.0683. The van der Waals surface area contributed by atoms with Crippen LogP contribution in [0, 0.1) is 0 Å². The fourth-order valence-corrected chi connectivity index (χ4v) is 5.32. The van der Waals surface area contributed by atoms with Crippen LogP contribution < -0.4 is 0 Å². The van der Waals surface area contributed by atoms with Crippen LogP contribution in [0.15, 0.2) is 0 Å². The van der Waals surface area contributed by atoms with Crippen molar-refractivity contribution in [2.45, 2.75) is 161 Å². The van der Waals surface area contributed by atoms with Gasteiger partial charge in [0.15, 0.2) is 8.32 Å². The van der Waals surface area contributed by atoms with Crippen LogP contribution in [0.5, 0.6) is 0 Å². The summed E-state index contributed by atoms with van der Waals surface area (Å²) >= 11 is 0. The molecule has 0 aliphatic heterocycles. The van der Waals surface area contributed by atoms with Gasteiger partial charge in [0.2, 0.25) is 0 Å². The third-order valence-corrected chi connectivity index (χ3v) is 11.6. The standard InChI is InChI=1S/C27H56O3Si/c1-25(30-31(6,7)27(2,3)4)23-21-19-17-15-13-11-9-8-10-12-14-16-18-20-22-24-26(28)29-5/h25H,8-24H2,1-7H3.